The summed E-state index contributed by atoms with van der Waals surface area (Å²) in [6, 6.07) is 3.63. The summed E-state index contributed by atoms with van der Waals surface area (Å²) in [5.41, 5.74) is 5.06. The van der Waals surface area contributed by atoms with E-state index >= 15 is 0 Å². The summed E-state index contributed by atoms with van der Waals surface area (Å²) in [5.74, 6) is 5.63. The topological polar surface area (TPSA) is 64.4 Å². The van der Waals surface area contributed by atoms with Gasteiger partial charge in [-0.1, -0.05) is 11.8 Å². The van der Waals surface area contributed by atoms with Crippen LogP contribution in [0.3, 0.4) is 0 Å². The summed E-state index contributed by atoms with van der Waals surface area (Å²) in [5, 5.41) is 3.01. The van der Waals surface area contributed by atoms with Gasteiger partial charge < -0.3 is 15.8 Å². The maximum atomic E-state index is 12.1. The molecular weight excluding hydrogens is 248 g/mol. The quantitative estimate of drug-likeness (QED) is 0.782. The Morgan fingerprint density at radius 2 is 2.50 bits per heavy atom. The van der Waals surface area contributed by atoms with Crippen molar-refractivity contribution in [2.24, 2.45) is 5.73 Å². The number of rotatable bonds is 2. The molecule has 3 N–H and O–H groups in total. The van der Waals surface area contributed by atoms with Crippen molar-refractivity contribution in [3.8, 4) is 11.8 Å². The van der Waals surface area contributed by atoms with Gasteiger partial charge in [-0.3, -0.25) is 4.79 Å². The van der Waals surface area contributed by atoms with E-state index in [1.54, 1.807) is 6.07 Å². The molecule has 0 aromatic carbocycles. The van der Waals surface area contributed by atoms with Crippen molar-refractivity contribution in [3.05, 3.63) is 21.9 Å². The van der Waals surface area contributed by atoms with E-state index in [0.717, 1.165) is 11.3 Å². The Kier molecular flexibility index (Phi) is 4.02. The number of carbonyl (C=O) groups is 1. The van der Waals surface area contributed by atoms with Gasteiger partial charge in [0.05, 0.1) is 28.4 Å². The maximum absolute atomic E-state index is 12.1. The minimum atomic E-state index is -0.246. The zero-order chi connectivity index (χ0) is 13.0. The molecule has 0 saturated carbocycles. The van der Waals surface area contributed by atoms with E-state index in [-0.39, 0.29) is 11.4 Å². The van der Waals surface area contributed by atoms with E-state index in [9.17, 15) is 4.79 Å². The number of nitrogens with one attached hydrogen (secondary N) is 1. The number of nitrogens with two attached hydrogens (primary N) is 1. The number of amides is 1. The van der Waals surface area contributed by atoms with Gasteiger partial charge in [-0.05, 0) is 25.5 Å². The second kappa shape index (κ2) is 5.53. The van der Waals surface area contributed by atoms with Crippen molar-refractivity contribution in [1.29, 1.82) is 0 Å². The van der Waals surface area contributed by atoms with Crippen LogP contribution < -0.4 is 11.1 Å². The van der Waals surface area contributed by atoms with Crippen LogP contribution in [0.4, 0.5) is 0 Å². The normalized spacial score (nSPS) is 22.3. The second-order valence-corrected chi connectivity index (χ2v) is 5.57. The lowest BCUT2D eigenvalue weighted by molar-refractivity contribution is 0.0894. The summed E-state index contributed by atoms with van der Waals surface area (Å²) in [4.78, 5) is 13.6. The number of carbonyl (C=O) groups excluding carboxylic acids is 1. The fraction of sp³-hybridized carbons (Fsp3) is 0.462. The SMILES string of the molecule is CC1(NC(=O)c2ccc(C#CCN)s2)CCOC1. The van der Waals surface area contributed by atoms with Crippen LogP contribution >= 0.6 is 11.3 Å². The molecule has 1 aliphatic heterocycles. The van der Waals surface area contributed by atoms with Crippen molar-refractivity contribution in [2.45, 2.75) is 18.9 Å². The third kappa shape index (κ3) is 3.10. The van der Waals surface area contributed by atoms with Crippen LogP contribution in [-0.2, 0) is 4.74 Å². The molecule has 1 fully saturated rings. The molecule has 0 bridgehead atoms. The van der Waals surface area contributed by atoms with Crippen LogP contribution in [0.15, 0.2) is 12.1 Å². The Morgan fingerprint density at radius 1 is 1.67 bits per heavy atom. The molecule has 5 heteroatoms. The van der Waals surface area contributed by atoms with E-state index in [4.69, 9.17) is 10.5 Å². The first-order valence-electron chi connectivity index (χ1n) is 5.82. The van der Waals surface area contributed by atoms with Crippen LogP contribution in [0.25, 0.3) is 0 Å². The summed E-state index contributed by atoms with van der Waals surface area (Å²) in [6.45, 7) is 3.61. The van der Waals surface area contributed by atoms with Crippen molar-refractivity contribution < 1.29 is 9.53 Å². The third-order valence-electron chi connectivity index (χ3n) is 2.78. The first kappa shape index (κ1) is 13.1. The minimum absolute atomic E-state index is 0.0613. The van der Waals surface area contributed by atoms with E-state index in [1.165, 1.54) is 11.3 Å². The van der Waals surface area contributed by atoms with Crippen LogP contribution in [0.2, 0.25) is 0 Å². The van der Waals surface area contributed by atoms with Crippen molar-refractivity contribution in [1.82, 2.24) is 5.32 Å². The van der Waals surface area contributed by atoms with E-state index in [1.807, 2.05) is 13.0 Å². The molecule has 4 nitrogen and oxygen atoms in total. The zero-order valence-electron chi connectivity index (χ0n) is 10.3. The van der Waals surface area contributed by atoms with Gasteiger partial charge in [-0.25, -0.2) is 0 Å². The fourth-order valence-corrected chi connectivity index (χ4v) is 2.54. The number of ether oxygens (including phenoxy) is 1. The van der Waals surface area contributed by atoms with Gasteiger partial charge in [0.1, 0.15) is 0 Å². The van der Waals surface area contributed by atoms with Crippen LogP contribution in [0, 0.1) is 11.8 Å². The van der Waals surface area contributed by atoms with Gasteiger partial charge in [0.15, 0.2) is 0 Å². The Balaban J connectivity index is 2.02. The van der Waals surface area contributed by atoms with Gasteiger partial charge in [-0.2, -0.15) is 0 Å². The molecule has 1 unspecified atom stereocenters. The molecule has 96 valence electrons. The number of hydrogen-bond donors (Lipinski definition) is 2. The molecule has 1 aromatic heterocycles. The van der Waals surface area contributed by atoms with Gasteiger partial charge in [0.25, 0.3) is 5.91 Å². The maximum Gasteiger partial charge on any atom is 0.261 e. The summed E-state index contributed by atoms with van der Waals surface area (Å²) in [7, 11) is 0. The summed E-state index contributed by atoms with van der Waals surface area (Å²) in [6.07, 6.45) is 0.851. The Hall–Kier alpha value is -1.35. The first-order chi connectivity index (χ1) is 8.63. The molecule has 0 aliphatic carbocycles. The predicted octanol–water partition coefficient (Wildman–Crippen LogP) is 0.967. The zero-order valence-corrected chi connectivity index (χ0v) is 11.1. The average Bonchev–Trinajstić information content (AvgIpc) is 2.95. The summed E-state index contributed by atoms with van der Waals surface area (Å²) >= 11 is 1.38. The fourth-order valence-electron chi connectivity index (χ4n) is 1.77. The second-order valence-electron chi connectivity index (χ2n) is 4.49. The summed E-state index contributed by atoms with van der Waals surface area (Å²) < 4.78 is 5.31. The highest BCUT2D eigenvalue weighted by Gasteiger charge is 2.31. The lowest BCUT2D eigenvalue weighted by Crippen LogP contribution is -2.46. The number of hydrogen-bond acceptors (Lipinski definition) is 4. The molecule has 1 atom stereocenters. The molecule has 0 spiro atoms. The van der Waals surface area contributed by atoms with Gasteiger partial charge in [0.2, 0.25) is 0 Å². The molecule has 2 heterocycles. The van der Waals surface area contributed by atoms with E-state index in [0.29, 0.717) is 24.6 Å². The molecule has 1 aliphatic rings. The van der Waals surface area contributed by atoms with E-state index < -0.39 is 0 Å². The lowest BCUT2D eigenvalue weighted by atomic mass is 10.0. The Bertz CT molecular complexity index is 493. The number of thiophene rings is 1. The van der Waals surface area contributed by atoms with Gasteiger partial charge in [-0.15, -0.1) is 11.3 Å². The van der Waals surface area contributed by atoms with Gasteiger partial charge >= 0.3 is 0 Å². The van der Waals surface area contributed by atoms with Crippen molar-refractivity contribution >= 4 is 17.2 Å². The van der Waals surface area contributed by atoms with Crippen LogP contribution in [0.5, 0.6) is 0 Å². The highest BCUT2D eigenvalue weighted by atomic mass is 32.1. The molecule has 1 aromatic rings. The Morgan fingerprint density at radius 3 is 3.17 bits per heavy atom. The smallest absolute Gasteiger partial charge is 0.261 e. The highest BCUT2D eigenvalue weighted by molar-refractivity contribution is 7.14. The van der Waals surface area contributed by atoms with E-state index in [2.05, 4.69) is 17.2 Å². The predicted molar refractivity (Wildman–Crippen MR) is 71.6 cm³/mol. The average molecular weight is 264 g/mol. The largest absolute Gasteiger partial charge is 0.379 e. The van der Waals surface area contributed by atoms with Crippen LogP contribution in [0.1, 0.15) is 27.9 Å². The monoisotopic (exact) mass is 264 g/mol. The first-order valence-corrected chi connectivity index (χ1v) is 6.64. The van der Waals surface area contributed by atoms with Gasteiger partial charge in [0, 0.05) is 6.61 Å². The molecule has 0 radical (unpaired) electrons. The molecular formula is C13H16N2O2S. The van der Waals surface area contributed by atoms with Crippen molar-refractivity contribution in [2.75, 3.05) is 19.8 Å². The van der Waals surface area contributed by atoms with Crippen LogP contribution in [-0.4, -0.2) is 31.2 Å². The Labute approximate surface area is 111 Å². The molecule has 1 amide bonds. The minimum Gasteiger partial charge on any atom is -0.379 e. The molecule has 1 saturated heterocycles. The highest BCUT2D eigenvalue weighted by Crippen LogP contribution is 2.20. The molecule has 18 heavy (non-hydrogen) atoms. The lowest BCUT2D eigenvalue weighted by Gasteiger charge is -2.22. The molecule has 2 rings (SSSR count). The van der Waals surface area contributed by atoms with Crippen molar-refractivity contribution in [3.63, 3.8) is 0 Å². The third-order valence-corrected chi connectivity index (χ3v) is 3.78. The standard InChI is InChI=1S/C13H16N2O2S/c1-13(6-8-17-9-13)15-12(16)11-5-4-10(18-11)3-2-7-14/h4-5H,6-9,14H2,1H3,(H,15,16).